The second-order valence-electron chi connectivity index (χ2n) is 7.05. The lowest BCUT2D eigenvalue weighted by atomic mass is 10.2. The number of anilines is 3. The van der Waals surface area contributed by atoms with E-state index in [1.165, 1.54) is 4.90 Å². The molecular formula is C23H23N5O3S2. The van der Waals surface area contributed by atoms with Crippen molar-refractivity contribution >= 4 is 56.9 Å². The van der Waals surface area contributed by atoms with E-state index in [2.05, 4.69) is 56.8 Å². The minimum absolute atomic E-state index is 0.180. The number of hydrogen-bond donors (Lipinski definition) is 3. The van der Waals surface area contributed by atoms with Gasteiger partial charge in [0.15, 0.2) is 5.13 Å². The van der Waals surface area contributed by atoms with Gasteiger partial charge in [-0.15, -0.1) is 11.8 Å². The average molecular weight is 482 g/mol. The number of methoxy groups -OCH3 is 1. The lowest BCUT2D eigenvalue weighted by Crippen LogP contribution is -2.06. The predicted octanol–water partition coefficient (Wildman–Crippen LogP) is 5.57. The fourth-order valence-electron chi connectivity index (χ4n) is 3.28. The number of para-hydroxylation sites is 1. The molecule has 8 nitrogen and oxygen atoms in total. The van der Waals surface area contributed by atoms with Gasteiger partial charge in [-0.3, -0.25) is 5.32 Å². The van der Waals surface area contributed by atoms with Crippen molar-refractivity contribution in [3.05, 3.63) is 58.6 Å². The number of nitrogens with one attached hydrogen (secondary N) is 2. The molecule has 3 N–H and O–H groups in total. The Bertz CT molecular complexity index is 1290. The molecule has 2 heterocycles. The first-order valence-corrected chi connectivity index (χ1v) is 12.1. The van der Waals surface area contributed by atoms with Crippen LogP contribution < -0.4 is 15.4 Å². The second-order valence-corrected chi connectivity index (χ2v) is 9.38. The Morgan fingerprint density at radius 2 is 1.94 bits per heavy atom. The summed E-state index contributed by atoms with van der Waals surface area (Å²) in [6.07, 6.45) is 0. The predicted molar refractivity (Wildman–Crippen MR) is 133 cm³/mol. The van der Waals surface area contributed by atoms with Gasteiger partial charge in [-0.25, -0.2) is 14.8 Å². The van der Waals surface area contributed by atoms with Gasteiger partial charge in [-0.05, 0) is 42.5 Å². The SMILES string of the molecule is CCSc1ccc(CNc2nc(Nc3nc(C)c(C(=O)O)s3)nc3c(OC)cccc23)cc1. The molecule has 0 aliphatic heterocycles. The summed E-state index contributed by atoms with van der Waals surface area (Å²) in [5.74, 6) is 1.58. The van der Waals surface area contributed by atoms with Crippen LogP contribution in [0.3, 0.4) is 0 Å². The van der Waals surface area contributed by atoms with Crippen LogP contribution in [0.15, 0.2) is 47.4 Å². The maximum Gasteiger partial charge on any atom is 0.347 e. The number of aryl methyl sites for hydroxylation is 1. The van der Waals surface area contributed by atoms with Crippen molar-refractivity contribution in [2.75, 3.05) is 23.5 Å². The van der Waals surface area contributed by atoms with E-state index in [-0.39, 0.29) is 4.88 Å². The first-order valence-electron chi connectivity index (χ1n) is 10.3. The van der Waals surface area contributed by atoms with Crippen LogP contribution in [0.2, 0.25) is 0 Å². The summed E-state index contributed by atoms with van der Waals surface area (Å²) >= 11 is 2.85. The zero-order chi connectivity index (χ0) is 23.4. The molecule has 0 amide bonds. The molecule has 10 heteroatoms. The van der Waals surface area contributed by atoms with Crippen LogP contribution in [-0.2, 0) is 6.54 Å². The Morgan fingerprint density at radius 1 is 1.15 bits per heavy atom. The van der Waals surface area contributed by atoms with Crippen LogP contribution in [0.1, 0.15) is 27.9 Å². The number of benzene rings is 2. The molecule has 0 aliphatic carbocycles. The monoisotopic (exact) mass is 481 g/mol. The van der Waals surface area contributed by atoms with Gasteiger partial charge in [-0.1, -0.05) is 36.5 Å². The van der Waals surface area contributed by atoms with E-state index in [9.17, 15) is 9.90 Å². The number of hydrogen-bond acceptors (Lipinski definition) is 9. The zero-order valence-corrected chi connectivity index (χ0v) is 20.0. The molecule has 0 saturated carbocycles. The number of aromatic nitrogens is 3. The van der Waals surface area contributed by atoms with Crippen molar-refractivity contribution in [3.8, 4) is 5.75 Å². The van der Waals surface area contributed by atoms with Crippen molar-refractivity contribution in [3.63, 3.8) is 0 Å². The van der Waals surface area contributed by atoms with Gasteiger partial charge in [0, 0.05) is 16.8 Å². The van der Waals surface area contributed by atoms with Crippen LogP contribution in [0.4, 0.5) is 16.9 Å². The first kappa shape index (κ1) is 22.8. The lowest BCUT2D eigenvalue weighted by molar-refractivity contribution is 0.0701. The summed E-state index contributed by atoms with van der Waals surface area (Å²) < 4.78 is 5.50. The van der Waals surface area contributed by atoms with Crippen molar-refractivity contribution in [2.24, 2.45) is 0 Å². The number of carboxylic acids is 1. The van der Waals surface area contributed by atoms with Crippen molar-refractivity contribution in [1.82, 2.24) is 15.0 Å². The Balaban J connectivity index is 1.65. The Morgan fingerprint density at radius 3 is 2.61 bits per heavy atom. The smallest absolute Gasteiger partial charge is 0.347 e. The summed E-state index contributed by atoms with van der Waals surface area (Å²) in [5.41, 5.74) is 2.21. The van der Waals surface area contributed by atoms with Gasteiger partial charge in [0.2, 0.25) is 5.95 Å². The zero-order valence-electron chi connectivity index (χ0n) is 18.4. The molecule has 0 spiro atoms. The molecule has 2 aromatic heterocycles. The lowest BCUT2D eigenvalue weighted by Gasteiger charge is -2.13. The fourth-order valence-corrected chi connectivity index (χ4v) is 4.74. The van der Waals surface area contributed by atoms with Crippen molar-refractivity contribution < 1.29 is 14.6 Å². The largest absolute Gasteiger partial charge is 0.494 e. The Hall–Kier alpha value is -3.37. The van der Waals surface area contributed by atoms with E-state index in [1.807, 2.05) is 18.2 Å². The minimum Gasteiger partial charge on any atom is -0.494 e. The topological polar surface area (TPSA) is 109 Å². The molecule has 33 heavy (non-hydrogen) atoms. The molecule has 0 unspecified atom stereocenters. The molecule has 4 aromatic rings. The molecule has 0 saturated heterocycles. The van der Waals surface area contributed by atoms with Gasteiger partial charge in [-0.2, -0.15) is 4.98 Å². The third-order valence-electron chi connectivity index (χ3n) is 4.81. The highest BCUT2D eigenvalue weighted by Gasteiger charge is 2.16. The number of thioether (sulfide) groups is 1. The van der Waals surface area contributed by atoms with Crippen LogP contribution in [0.5, 0.6) is 5.75 Å². The standard InChI is InChI=1S/C23H23N5O3S2/c1-4-32-15-10-8-14(9-11-15)12-24-20-16-6-5-7-17(31-3)18(16)26-22(27-20)28-23-25-13(2)19(33-23)21(29)30/h5-11H,4,12H2,1-3H3,(H,29,30)(H2,24,25,26,27,28). The van der Waals surface area contributed by atoms with Gasteiger partial charge < -0.3 is 15.2 Å². The molecule has 170 valence electrons. The number of carbonyl (C=O) groups is 1. The van der Waals surface area contributed by atoms with Gasteiger partial charge in [0.05, 0.1) is 12.8 Å². The highest BCUT2D eigenvalue weighted by atomic mass is 32.2. The average Bonchev–Trinajstić information content (AvgIpc) is 3.18. The first-order chi connectivity index (χ1) is 16.0. The van der Waals surface area contributed by atoms with E-state index in [0.29, 0.717) is 40.4 Å². The number of fused-ring (bicyclic) bond motifs is 1. The Kier molecular flexibility index (Phi) is 6.95. The highest BCUT2D eigenvalue weighted by Crippen LogP contribution is 2.31. The van der Waals surface area contributed by atoms with Crippen LogP contribution in [0, 0.1) is 6.92 Å². The van der Waals surface area contributed by atoms with Gasteiger partial charge in [0.1, 0.15) is 22.0 Å². The molecule has 2 aromatic carbocycles. The summed E-state index contributed by atoms with van der Waals surface area (Å²) in [7, 11) is 1.59. The van der Waals surface area contributed by atoms with Crippen LogP contribution in [-0.4, -0.2) is 38.9 Å². The quantitative estimate of drug-likeness (QED) is 0.264. The number of rotatable bonds is 9. The normalized spacial score (nSPS) is 10.9. The molecule has 0 aliphatic rings. The Labute approximate surface area is 199 Å². The van der Waals surface area contributed by atoms with E-state index in [0.717, 1.165) is 28.0 Å². The molecule has 0 atom stereocenters. The maximum absolute atomic E-state index is 11.4. The number of ether oxygens (including phenoxy) is 1. The van der Waals surface area contributed by atoms with E-state index in [1.54, 1.807) is 25.8 Å². The fraction of sp³-hybridized carbons (Fsp3) is 0.217. The number of aromatic carboxylic acids is 1. The van der Waals surface area contributed by atoms with Gasteiger partial charge in [0.25, 0.3) is 0 Å². The highest BCUT2D eigenvalue weighted by molar-refractivity contribution is 7.99. The van der Waals surface area contributed by atoms with Gasteiger partial charge >= 0.3 is 5.97 Å². The molecule has 4 rings (SSSR count). The molecule has 0 fully saturated rings. The summed E-state index contributed by atoms with van der Waals surface area (Å²) in [4.78, 5) is 26.3. The van der Waals surface area contributed by atoms with Crippen molar-refractivity contribution in [2.45, 2.75) is 25.3 Å². The summed E-state index contributed by atoms with van der Waals surface area (Å²) in [6, 6.07) is 14.1. The number of nitrogens with zero attached hydrogens (tertiary/aromatic N) is 3. The maximum atomic E-state index is 11.4. The number of carboxylic acid groups (broad SMARTS) is 1. The molecule has 0 bridgehead atoms. The number of thiazole rings is 1. The van der Waals surface area contributed by atoms with Crippen LogP contribution >= 0.6 is 23.1 Å². The summed E-state index contributed by atoms with van der Waals surface area (Å²) in [6.45, 7) is 4.38. The third-order valence-corrected chi connectivity index (χ3v) is 6.77. The minimum atomic E-state index is -1.01. The van der Waals surface area contributed by atoms with E-state index in [4.69, 9.17) is 4.74 Å². The third kappa shape index (κ3) is 5.18. The molecular weight excluding hydrogens is 458 g/mol. The van der Waals surface area contributed by atoms with Crippen molar-refractivity contribution in [1.29, 1.82) is 0 Å². The molecule has 0 radical (unpaired) electrons. The second kappa shape index (κ2) is 10.1. The van der Waals surface area contributed by atoms with E-state index >= 15 is 0 Å². The van der Waals surface area contributed by atoms with E-state index < -0.39 is 5.97 Å². The van der Waals surface area contributed by atoms with Crippen LogP contribution in [0.25, 0.3) is 10.9 Å². The summed E-state index contributed by atoms with van der Waals surface area (Å²) in [5, 5.41) is 17.0.